The Bertz CT molecular complexity index is 272. The van der Waals surface area contributed by atoms with E-state index < -0.39 is 0 Å². The lowest BCUT2D eigenvalue weighted by Crippen LogP contribution is -2.34. The molecule has 2 fully saturated rings. The molecule has 1 aliphatic heterocycles. The van der Waals surface area contributed by atoms with E-state index in [9.17, 15) is 9.59 Å². The summed E-state index contributed by atoms with van der Waals surface area (Å²) in [7, 11) is 0. The summed E-state index contributed by atoms with van der Waals surface area (Å²) in [5.74, 6) is 0.527. The lowest BCUT2D eigenvalue weighted by atomic mass is 9.79. The Labute approximate surface area is 96.5 Å². The second-order valence-corrected chi connectivity index (χ2v) is 5.02. The summed E-state index contributed by atoms with van der Waals surface area (Å²) in [5.41, 5.74) is 0. The Morgan fingerprint density at radius 2 is 1.81 bits per heavy atom. The topological polar surface area (TPSA) is 43.4 Å². The number of fused-ring (bicyclic) bond motifs is 1. The molecule has 0 N–H and O–H groups in total. The fourth-order valence-electron chi connectivity index (χ4n) is 2.84. The van der Waals surface area contributed by atoms with E-state index in [-0.39, 0.29) is 17.8 Å². The molecule has 1 saturated heterocycles. The summed E-state index contributed by atoms with van der Waals surface area (Å²) in [6, 6.07) is 0. The lowest BCUT2D eigenvalue weighted by molar-refractivity contribution is -0.157. The number of carbonyl (C=O) groups is 2. The SMILES string of the molecule is O=C1CCCCCCC2C(=O)OCCC2C1. The molecule has 2 atom stereocenters. The molecule has 3 nitrogen and oxygen atoms in total. The molecule has 2 rings (SSSR count). The Morgan fingerprint density at radius 3 is 2.69 bits per heavy atom. The molecule has 2 unspecified atom stereocenters. The molecule has 0 aromatic rings. The van der Waals surface area contributed by atoms with Gasteiger partial charge in [0.05, 0.1) is 12.5 Å². The standard InChI is InChI=1S/C13H20O3/c14-11-5-3-1-2-4-6-12-10(9-11)7-8-16-13(12)15/h10,12H,1-9H2. The van der Waals surface area contributed by atoms with E-state index in [1.165, 1.54) is 0 Å². The van der Waals surface area contributed by atoms with Crippen molar-refractivity contribution in [3.05, 3.63) is 0 Å². The average molecular weight is 224 g/mol. The first kappa shape index (κ1) is 11.6. The lowest BCUT2D eigenvalue weighted by Gasteiger charge is -2.30. The Balaban J connectivity index is 2.03. The summed E-state index contributed by atoms with van der Waals surface area (Å²) in [6.45, 7) is 0.507. The van der Waals surface area contributed by atoms with E-state index in [0.29, 0.717) is 25.2 Å². The van der Waals surface area contributed by atoms with E-state index in [0.717, 1.165) is 38.5 Å². The Kier molecular flexibility index (Phi) is 3.97. The molecule has 0 aromatic heterocycles. The minimum atomic E-state index is -0.0652. The van der Waals surface area contributed by atoms with Gasteiger partial charge < -0.3 is 4.74 Å². The fraction of sp³-hybridized carbons (Fsp3) is 0.846. The summed E-state index contributed by atoms with van der Waals surface area (Å²) in [6.07, 6.45) is 7.49. The van der Waals surface area contributed by atoms with Crippen molar-refractivity contribution in [1.29, 1.82) is 0 Å². The number of hydrogen-bond acceptors (Lipinski definition) is 3. The predicted molar refractivity (Wildman–Crippen MR) is 59.9 cm³/mol. The van der Waals surface area contributed by atoms with Crippen LogP contribution in [0.4, 0.5) is 0 Å². The van der Waals surface area contributed by atoms with Crippen molar-refractivity contribution >= 4 is 11.8 Å². The van der Waals surface area contributed by atoms with Crippen LogP contribution in [0.25, 0.3) is 0 Å². The number of hydrogen-bond donors (Lipinski definition) is 0. The largest absolute Gasteiger partial charge is 0.465 e. The Morgan fingerprint density at radius 1 is 1.00 bits per heavy atom. The smallest absolute Gasteiger partial charge is 0.309 e. The van der Waals surface area contributed by atoms with Crippen LogP contribution in [-0.2, 0) is 14.3 Å². The van der Waals surface area contributed by atoms with Crippen LogP contribution in [0.15, 0.2) is 0 Å². The molecule has 0 bridgehead atoms. The molecular weight excluding hydrogens is 204 g/mol. The van der Waals surface area contributed by atoms with Crippen molar-refractivity contribution in [2.45, 2.75) is 51.4 Å². The van der Waals surface area contributed by atoms with E-state index >= 15 is 0 Å². The fourth-order valence-corrected chi connectivity index (χ4v) is 2.84. The normalized spacial score (nSPS) is 32.8. The highest BCUT2D eigenvalue weighted by Gasteiger charge is 2.34. The summed E-state index contributed by atoms with van der Waals surface area (Å²) < 4.78 is 5.10. The minimum Gasteiger partial charge on any atom is -0.465 e. The van der Waals surface area contributed by atoms with Crippen molar-refractivity contribution in [1.82, 2.24) is 0 Å². The van der Waals surface area contributed by atoms with Gasteiger partial charge in [-0.2, -0.15) is 0 Å². The van der Waals surface area contributed by atoms with Gasteiger partial charge in [-0.1, -0.05) is 19.3 Å². The maximum atomic E-state index is 11.7. The average Bonchev–Trinajstić information content (AvgIpc) is 2.26. The van der Waals surface area contributed by atoms with Crippen molar-refractivity contribution in [2.24, 2.45) is 11.8 Å². The molecule has 1 aliphatic carbocycles. The van der Waals surface area contributed by atoms with Gasteiger partial charge >= 0.3 is 5.97 Å². The highest BCUT2D eigenvalue weighted by molar-refractivity contribution is 5.80. The van der Waals surface area contributed by atoms with Crippen LogP contribution in [-0.4, -0.2) is 18.4 Å². The van der Waals surface area contributed by atoms with Crippen molar-refractivity contribution in [3.63, 3.8) is 0 Å². The Hall–Kier alpha value is -0.860. The maximum absolute atomic E-state index is 11.7. The van der Waals surface area contributed by atoms with Gasteiger partial charge in [0.15, 0.2) is 0 Å². The maximum Gasteiger partial charge on any atom is 0.309 e. The van der Waals surface area contributed by atoms with Crippen LogP contribution in [0.2, 0.25) is 0 Å². The summed E-state index contributed by atoms with van der Waals surface area (Å²) in [5, 5.41) is 0. The molecule has 90 valence electrons. The molecule has 0 amide bonds. The predicted octanol–water partition coefficient (Wildman–Crippen LogP) is 2.48. The molecule has 16 heavy (non-hydrogen) atoms. The first-order valence-electron chi connectivity index (χ1n) is 6.45. The van der Waals surface area contributed by atoms with Crippen molar-refractivity contribution in [2.75, 3.05) is 6.61 Å². The number of rotatable bonds is 0. The van der Waals surface area contributed by atoms with E-state index in [2.05, 4.69) is 0 Å². The monoisotopic (exact) mass is 224 g/mol. The molecule has 2 aliphatic rings. The number of esters is 1. The number of ether oxygens (including phenoxy) is 1. The van der Waals surface area contributed by atoms with Gasteiger partial charge in [-0.05, 0) is 25.2 Å². The minimum absolute atomic E-state index is 0.00389. The van der Waals surface area contributed by atoms with E-state index in [1.54, 1.807) is 0 Å². The van der Waals surface area contributed by atoms with E-state index in [4.69, 9.17) is 4.74 Å². The number of cyclic esters (lactones) is 1. The van der Waals surface area contributed by atoms with Gasteiger partial charge in [-0.15, -0.1) is 0 Å². The molecule has 3 heteroatoms. The van der Waals surface area contributed by atoms with Crippen LogP contribution in [0.3, 0.4) is 0 Å². The van der Waals surface area contributed by atoms with Crippen LogP contribution in [0, 0.1) is 11.8 Å². The zero-order valence-electron chi connectivity index (χ0n) is 9.74. The number of ketones is 1. The van der Waals surface area contributed by atoms with Gasteiger partial charge in [0, 0.05) is 12.8 Å². The zero-order chi connectivity index (χ0) is 11.4. The third-order valence-electron chi connectivity index (χ3n) is 3.82. The van der Waals surface area contributed by atoms with Crippen LogP contribution >= 0.6 is 0 Å². The summed E-state index contributed by atoms with van der Waals surface area (Å²) in [4.78, 5) is 23.4. The van der Waals surface area contributed by atoms with Gasteiger partial charge in [-0.3, -0.25) is 9.59 Å². The van der Waals surface area contributed by atoms with Gasteiger partial charge in [-0.25, -0.2) is 0 Å². The van der Waals surface area contributed by atoms with Crippen LogP contribution in [0.5, 0.6) is 0 Å². The summed E-state index contributed by atoms with van der Waals surface area (Å²) >= 11 is 0. The highest BCUT2D eigenvalue weighted by atomic mass is 16.5. The molecule has 0 aromatic carbocycles. The molecule has 0 spiro atoms. The zero-order valence-corrected chi connectivity index (χ0v) is 9.74. The number of Topliss-reactive ketones (excluding diaryl/α,β-unsaturated/α-hetero) is 1. The van der Waals surface area contributed by atoms with Gasteiger partial charge in [0.2, 0.25) is 0 Å². The quantitative estimate of drug-likeness (QED) is 0.594. The molecule has 0 radical (unpaired) electrons. The third-order valence-corrected chi connectivity index (χ3v) is 3.82. The van der Waals surface area contributed by atoms with Crippen LogP contribution in [0.1, 0.15) is 51.4 Å². The first-order valence-corrected chi connectivity index (χ1v) is 6.45. The first-order chi connectivity index (χ1) is 7.77. The van der Waals surface area contributed by atoms with Crippen molar-refractivity contribution < 1.29 is 14.3 Å². The van der Waals surface area contributed by atoms with Crippen LogP contribution < -0.4 is 0 Å². The van der Waals surface area contributed by atoms with E-state index in [1.807, 2.05) is 0 Å². The molecule has 1 heterocycles. The van der Waals surface area contributed by atoms with Gasteiger partial charge in [0.1, 0.15) is 5.78 Å². The second kappa shape index (κ2) is 5.46. The molecule has 1 saturated carbocycles. The second-order valence-electron chi connectivity index (χ2n) is 5.02. The van der Waals surface area contributed by atoms with Gasteiger partial charge in [0.25, 0.3) is 0 Å². The highest BCUT2D eigenvalue weighted by Crippen LogP contribution is 2.32. The molecular formula is C13H20O3. The van der Waals surface area contributed by atoms with Crippen molar-refractivity contribution in [3.8, 4) is 0 Å². The third kappa shape index (κ3) is 2.83. The number of carbonyl (C=O) groups excluding carboxylic acids is 2.